The van der Waals surface area contributed by atoms with Crippen LogP contribution in [0.15, 0.2) is 59.8 Å². The SMILES string of the molecule is COCCCNC(=O)CN1c2ccccc2NC2=C(C(=O)CC(C)(C)C2)C1c1cccc([N+](=O)[O-])c1. The van der Waals surface area contributed by atoms with Gasteiger partial charge in [-0.15, -0.1) is 0 Å². The summed E-state index contributed by atoms with van der Waals surface area (Å²) < 4.78 is 5.06. The van der Waals surface area contributed by atoms with Crippen LogP contribution in [-0.2, 0) is 14.3 Å². The first-order valence-corrected chi connectivity index (χ1v) is 12.1. The van der Waals surface area contributed by atoms with E-state index in [2.05, 4.69) is 24.5 Å². The first-order chi connectivity index (χ1) is 17.2. The summed E-state index contributed by atoms with van der Waals surface area (Å²) >= 11 is 0. The molecule has 9 nitrogen and oxygen atoms in total. The molecule has 1 unspecified atom stereocenters. The smallest absolute Gasteiger partial charge is 0.269 e. The first kappa shape index (κ1) is 25.4. The molecule has 4 rings (SSSR count). The Hall–Kier alpha value is -3.72. The molecule has 2 aromatic carbocycles. The number of benzene rings is 2. The third-order valence-electron chi connectivity index (χ3n) is 6.56. The van der Waals surface area contributed by atoms with E-state index in [1.54, 1.807) is 19.2 Å². The Morgan fingerprint density at radius 1 is 1.22 bits per heavy atom. The quantitative estimate of drug-likeness (QED) is 0.320. The number of fused-ring (bicyclic) bond motifs is 1. The lowest BCUT2D eigenvalue weighted by Crippen LogP contribution is -2.42. The number of hydrogen-bond acceptors (Lipinski definition) is 7. The highest BCUT2D eigenvalue weighted by Gasteiger charge is 2.42. The number of ketones is 1. The van der Waals surface area contributed by atoms with Crippen molar-refractivity contribution in [1.29, 1.82) is 0 Å². The first-order valence-electron chi connectivity index (χ1n) is 12.1. The zero-order chi connectivity index (χ0) is 25.9. The fourth-order valence-corrected chi connectivity index (χ4v) is 5.04. The van der Waals surface area contributed by atoms with Gasteiger partial charge in [0.2, 0.25) is 5.91 Å². The molecular weight excluding hydrogens is 460 g/mol. The fraction of sp³-hybridized carbons (Fsp3) is 0.407. The Morgan fingerprint density at radius 2 is 2.00 bits per heavy atom. The van der Waals surface area contributed by atoms with Crippen molar-refractivity contribution in [2.75, 3.05) is 37.0 Å². The predicted molar refractivity (Wildman–Crippen MR) is 138 cm³/mol. The molecule has 0 radical (unpaired) electrons. The molecule has 9 heteroatoms. The van der Waals surface area contributed by atoms with Gasteiger partial charge in [0, 0.05) is 50.1 Å². The highest BCUT2D eigenvalue weighted by molar-refractivity contribution is 6.02. The summed E-state index contributed by atoms with van der Waals surface area (Å²) in [6.45, 7) is 5.09. The van der Waals surface area contributed by atoms with Crippen LogP contribution in [-0.4, -0.2) is 43.4 Å². The second-order valence-corrected chi connectivity index (χ2v) is 10.1. The van der Waals surface area contributed by atoms with Crippen LogP contribution in [0.2, 0.25) is 0 Å². The number of hydrogen-bond donors (Lipinski definition) is 2. The van der Waals surface area contributed by atoms with E-state index in [4.69, 9.17) is 4.74 Å². The summed E-state index contributed by atoms with van der Waals surface area (Å²) in [4.78, 5) is 39.8. The number of carbonyl (C=O) groups excluding carboxylic acids is 2. The Morgan fingerprint density at radius 3 is 2.75 bits per heavy atom. The van der Waals surface area contributed by atoms with Gasteiger partial charge in [0.1, 0.15) is 0 Å². The van der Waals surface area contributed by atoms with Crippen molar-refractivity contribution in [3.8, 4) is 0 Å². The Labute approximate surface area is 210 Å². The number of Topliss-reactive ketones (excluding diaryl/α,β-unsaturated/α-hetero) is 1. The van der Waals surface area contributed by atoms with Gasteiger partial charge in [-0.3, -0.25) is 19.7 Å². The van der Waals surface area contributed by atoms with Crippen LogP contribution in [0.4, 0.5) is 17.1 Å². The number of amides is 1. The molecular formula is C27H32N4O5. The number of ether oxygens (including phenoxy) is 1. The van der Waals surface area contributed by atoms with Crippen molar-refractivity contribution >= 4 is 28.8 Å². The van der Waals surface area contributed by atoms with Gasteiger partial charge in [-0.1, -0.05) is 38.1 Å². The molecule has 0 saturated carbocycles. The Balaban J connectivity index is 1.85. The highest BCUT2D eigenvalue weighted by Crippen LogP contribution is 2.48. The van der Waals surface area contributed by atoms with E-state index in [1.807, 2.05) is 29.2 Å². The van der Waals surface area contributed by atoms with Gasteiger partial charge in [-0.2, -0.15) is 0 Å². The van der Waals surface area contributed by atoms with Crippen LogP contribution in [0.5, 0.6) is 0 Å². The van der Waals surface area contributed by atoms with Gasteiger partial charge >= 0.3 is 0 Å². The molecule has 0 aromatic heterocycles. The van der Waals surface area contributed by atoms with Crippen LogP contribution >= 0.6 is 0 Å². The molecule has 0 saturated heterocycles. The average molecular weight is 493 g/mol. The van der Waals surface area contributed by atoms with E-state index in [0.717, 1.165) is 17.1 Å². The second-order valence-electron chi connectivity index (χ2n) is 10.1. The number of para-hydroxylation sites is 2. The topological polar surface area (TPSA) is 114 Å². The minimum atomic E-state index is -0.663. The van der Waals surface area contributed by atoms with Gasteiger partial charge in [0.15, 0.2) is 5.78 Å². The minimum absolute atomic E-state index is 0.0213. The Kier molecular flexibility index (Phi) is 7.40. The molecule has 190 valence electrons. The maximum Gasteiger partial charge on any atom is 0.269 e. The number of nitrogens with one attached hydrogen (secondary N) is 2. The molecule has 1 aliphatic heterocycles. The Bertz CT molecular complexity index is 1210. The van der Waals surface area contributed by atoms with Crippen molar-refractivity contribution in [3.05, 3.63) is 75.5 Å². The lowest BCUT2D eigenvalue weighted by Gasteiger charge is -2.37. The van der Waals surface area contributed by atoms with Gasteiger partial charge in [0.05, 0.1) is 28.9 Å². The fourth-order valence-electron chi connectivity index (χ4n) is 5.04. The summed E-state index contributed by atoms with van der Waals surface area (Å²) in [5.41, 5.74) is 3.18. The van der Waals surface area contributed by atoms with Gasteiger partial charge < -0.3 is 20.3 Å². The molecule has 2 aromatic rings. The number of methoxy groups -OCH3 is 1. The molecule has 0 spiro atoms. The number of rotatable bonds is 8. The molecule has 0 bridgehead atoms. The van der Waals surface area contributed by atoms with Crippen LogP contribution in [0.25, 0.3) is 0 Å². The molecule has 0 fully saturated rings. The summed E-state index contributed by atoms with van der Waals surface area (Å²) in [7, 11) is 1.61. The number of nitro benzene ring substituents is 1. The third kappa shape index (κ3) is 5.41. The standard InChI is InChI=1S/C27H32N4O5/c1-27(2)15-21-25(23(32)16-27)26(18-8-6-9-19(14-18)31(34)35)30(17-24(33)28-12-7-13-36-3)22-11-5-4-10-20(22)29-21/h4-6,8-11,14,26,29H,7,12-13,15-17H2,1-3H3,(H,28,33). The minimum Gasteiger partial charge on any atom is -0.385 e. The average Bonchev–Trinajstić information content (AvgIpc) is 2.95. The van der Waals surface area contributed by atoms with Crippen molar-refractivity contribution in [3.63, 3.8) is 0 Å². The number of nitrogens with zero attached hydrogens (tertiary/aromatic N) is 2. The summed E-state index contributed by atoms with van der Waals surface area (Å²) in [6.07, 6.45) is 1.68. The molecule has 1 atom stereocenters. The van der Waals surface area contributed by atoms with Gasteiger partial charge in [-0.05, 0) is 36.0 Å². The highest BCUT2D eigenvalue weighted by atomic mass is 16.6. The van der Waals surface area contributed by atoms with Crippen LogP contribution in [0.3, 0.4) is 0 Å². The number of carbonyl (C=O) groups is 2. The van der Waals surface area contributed by atoms with E-state index in [-0.39, 0.29) is 29.3 Å². The number of allylic oxidation sites excluding steroid dienone is 1. The molecule has 36 heavy (non-hydrogen) atoms. The zero-order valence-electron chi connectivity index (χ0n) is 20.9. The lowest BCUT2D eigenvalue weighted by atomic mass is 9.73. The molecule has 1 heterocycles. The van der Waals surface area contributed by atoms with Crippen molar-refractivity contribution < 1.29 is 19.2 Å². The van der Waals surface area contributed by atoms with E-state index < -0.39 is 11.0 Å². The number of anilines is 2. The maximum absolute atomic E-state index is 13.7. The van der Waals surface area contributed by atoms with Gasteiger partial charge in [-0.25, -0.2) is 0 Å². The maximum atomic E-state index is 13.7. The van der Waals surface area contributed by atoms with Crippen molar-refractivity contribution in [2.45, 2.75) is 39.2 Å². The number of non-ortho nitro benzene ring substituents is 1. The van der Waals surface area contributed by atoms with E-state index >= 15 is 0 Å². The second kappa shape index (κ2) is 10.5. The lowest BCUT2D eigenvalue weighted by molar-refractivity contribution is -0.384. The third-order valence-corrected chi connectivity index (χ3v) is 6.56. The summed E-state index contributed by atoms with van der Waals surface area (Å²) in [6, 6.07) is 13.3. The van der Waals surface area contributed by atoms with E-state index in [1.165, 1.54) is 12.1 Å². The summed E-state index contributed by atoms with van der Waals surface area (Å²) in [5, 5.41) is 18.0. The normalized spacial score (nSPS) is 18.6. The molecule has 2 N–H and O–H groups in total. The van der Waals surface area contributed by atoms with Gasteiger partial charge in [0.25, 0.3) is 5.69 Å². The monoisotopic (exact) mass is 492 g/mol. The largest absolute Gasteiger partial charge is 0.385 e. The molecule has 2 aliphatic rings. The predicted octanol–water partition coefficient (Wildman–Crippen LogP) is 4.36. The number of nitro groups is 1. The van der Waals surface area contributed by atoms with E-state index in [9.17, 15) is 19.7 Å². The zero-order valence-corrected chi connectivity index (χ0v) is 20.9. The van der Waals surface area contributed by atoms with Crippen LogP contribution in [0, 0.1) is 15.5 Å². The van der Waals surface area contributed by atoms with Crippen LogP contribution in [0.1, 0.15) is 44.7 Å². The van der Waals surface area contributed by atoms with Crippen LogP contribution < -0.4 is 15.5 Å². The van der Waals surface area contributed by atoms with Crippen molar-refractivity contribution in [2.24, 2.45) is 5.41 Å². The van der Waals surface area contributed by atoms with Crippen molar-refractivity contribution in [1.82, 2.24) is 5.32 Å². The molecule has 1 aliphatic carbocycles. The summed E-state index contributed by atoms with van der Waals surface area (Å²) in [5.74, 6) is -0.229. The molecule has 1 amide bonds. The van der Waals surface area contributed by atoms with E-state index in [0.29, 0.717) is 43.6 Å².